The van der Waals surface area contributed by atoms with Crippen LogP contribution in [0.3, 0.4) is 0 Å². The van der Waals surface area contributed by atoms with Gasteiger partial charge in [-0.25, -0.2) is 8.78 Å². The zero-order valence-corrected chi connectivity index (χ0v) is 14.1. The molecule has 0 amide bonds. The first-order valence-electron chi connectivity index (χ1n) is 7.37. The first-order valence-corrected chi connectivity index (χ1v) is 8.81. The van der Waals surface area contributed by atoms with Gasteiger partial charge in [-0.05, 0) is 11.6 Å². The van der Waals surface area contributed by atoms with Crippen molar-refractivity contribution in [1.82, 2.24) is 0 Å². The first-order chi connectivity index (χ1) is 12.7. The second-order valence-electron chi connectivity index (χ2n) is 5.35. The van der Waals surface area contributed by atoms with E-state index in [1.807, 2.05) is 0 Å². The van der Waals surface area contributed by atoms with Crippen molar-refractivity contribution in [3.8, 4) is 22.6 Å². The molecule has 0 radical (unpaired) electrons. The Morgan fingerprint density at radius 3 is 1.81 bits per heavy atom. The standard InChI is InChI=1S/C18H10F4O4S/c19-13-15(21)18(27(23,24)25)16(22)14(20)17(13)26-12-9-5-4-8-11(12)10-6-2-1-3-7-10/h1-9H,(H,23,24,25). The van der Waals surface area contributed by atoms with Crippen LogP contribution in [0.1, 0.15) is 0 Å². The maximum Gasteiger partial charge on any atom is 0.300 e. The molecule has 140 valence electrons. The zero-order valence-electron chi connectivity index (χ0n) is 13.3. The molecule has 0 atom stereocenters. The molecule has 0 aliphatic carbocycles. The molecule has 3 aromatic carbocycles. The molecule has 0 heterocycles. The SMILES string of the molecule is O=S(=O)(O)c1c(F)c(F)c(Oc2ccccc2-c2ccccc2)c(F)c1F. The van der Waals surface area contributed by atoms with Gasteiger partial charge in [-0.15, -0.1) is 0 Å². The molecule has 4 nitrogen and oxygen atoms in total. The number of halogens is 4. The van der Waals surface area contributed by atoms with E-state index in [1.54, 1.807) is 42.5 Å². The molecule has 0 aliphatic rings. The predicted molar refractivity (Wildman–Crippen MR) is 88.0 cm³/mol. The van der Waals surface area contributed by atoms with Gasteiger partial charge in [0.2, 0.25) is 17.4 Å². The van der Waals surface area contributed by atoms with E-state index >= 15 is 0 Å². The number of hydrogen-bond donors (Lipinski definition) is 1. The summed E-state index contributed by atoms with van der Waals surface area (Å²) >= 11 is 0. The highest BCUT2D eigenvalue weighted by atomic mass is 32.2. The lowest BCUT2D eigenvalue weighted by atomic mass is 10.0. The van der Waals surface area contributed by atoms with E-state index in [0.717, 1.165) is 0 Å². The number of rotatable bonds is 4. The molecular formula is C18H10F4O4S. The van der Waals surface area contributed by atoms with Crippen LogP contribution in [0.25, 0.3) is 11.1 Å². The highest BCUT2D eigenvalue weighted by Gasteiger charge is 2.33. The van der Waals surface area contributed by atoms with Crippen LogP contribution < -0.4 is 4.74 Å². The lowest BCUT2D eigenvalue weighted by Crippen LogP contribution is -2.11. The average Bonchev–Trinajstić information content (AvgIpc) is 2.64. The summed E-state index contributed by atoms with van der Waals surface area (Å²) in [6.07, 6.45) is 0. The minimum Gasteiger partial charge on any atom is -0.450 e. The van der Waals surface area contributed by atoms with Crippen LogP contribution in [0.5, 0.6) is 11.5 Å². The minimum atomic E-state index is -5.54. The summed E-state index contributed by atoms with van der Waals surface area (Å²) in [5.41, 5.74) is 0.973. The van der Waals surface area contributed by atoms with Crippen molar-refractivity contribution in [3.05, 3.63) is 77.9 Å². The van der Waals surface area contributed by atoms with Crippen LogP contribution in [0.2, 0.25) is 0 Å². The molecule has 0 saturated heterocycles. The Labute approximate surface area is 151 Å². The number of ether oxygens (including phenoxy) is 1. The normalized spacial score (nSPS) is 11.4. The molecule has 0 aliphatic heterocycles. The summed E-state index contributed by atoms with van der Waals surface area (Å²) in [4.78, 5) is -2.12. The van der Waals surface area contributed by atoms with Gasteiger partial charge in [0.05, 0.1) is 0 Å². The molecule has 0 aromatic heterocycles. The summed E-state index contributed by atoms with van der Waals surface area (Å²) in [5.74, 6) is -10.4. The number of hydrogen-bond acceptors (Lipinski definition) is 3. The van der Waals surface area contributed by atoms with Gasteiger partial charge < -0.3 is 4.74 Å². The van der Waals surface area contributed by atoms with Crippen molar-refractivity contribution >= 4 is 10.1 Å². The second kappa shape index (κ2) is 7.01. The Bertz CT molecular complexity index is 1090. The van der Waals surface area contributed by atoms with E-state index in [4.69, 9.17) is 9.29 Å². The van der Waals surface area contributed by atoms with Crippen LogP contribution in [0.4, 0.5) is 17.6 Å². The molecule has 0 saturated carbocycles. The number of para-hydroxylation sites is 1. The summed E-state index contributed by atoms with van der Waals surface area (Å²) in [6.45, 7) is 0. The summed E-state index contributed by atoms with van der Waals surface area (Å²) in [6, 6.07) is 14.5. The molecule has 0 fully saturated rings. The molecule has 0 unspecified atom stereocenters. The van der Waals surface area contributed by atoms with Gasteiger partial charge in [0, 0.05) is 5.56 Å². The van der Waals surface area contributed by atoms with Crippen molar-refractivity contribution in [2.45, 2.75) is 4.90 Å². The van der Waals surface area contributed by atoms with Gasteiger partial charge in [-0.1, -0.05) is 48.5 Å². The van der Waals surface area contributed by atoms with Gasteiger partial charge in [-0.2, -0.15) is 17.2 Å². The molecule has 0 spiro atoms. The van der Waals surface area contributed by atoms with Gasteiger partial charge in [-0.3, -0.25) is 4.55 Å². The molecule has 0 bridgehead atoms. The molecule has 3 aromatic rings. The topological polar surface area (TPSA) is 63.6 Å². The first kappa shape index (κ1) is 18.9. The van der Waals surface area contributed by atoms with Gasteiger partial charge in [0.1, 0.15) is 5.75 Å². The highest BCUT2D eigenvalue weighted by molar-refractivity contribution is 7.85. The van der Waals surface area contributed by atoms with Crippen LogP contribution >= 0.6 is 0 Å². The van der Waals surface area contributed by atoms with E-state index in [2.05, 4.69) is 0 Å². The third kappa shape index (κ3) is 3.51. The molecule has 9 heteroatoms. The van der Waals surface area contributed by atoms with E-state index in [0.29, 0.717) is 11.1 Å². The fourth-order valence-electron chi connectivity index (χ4n) is 2.43. The quantitative estimate of drug-likeness (QED) is 0.384. The van der Waals surface area contributed by atoms with Crippen LogP contribution in [0, 0.1) is 23.3 Å². The Balaban J connectivity index is 2.17. The van der Waals surface area contributed by atoms with E-state index in [9.17, 15) is 26.0 Å². The van der Waals surface area contributed by atoms with E-state index in [1.165, 1.54) is 12.1 Å². The average molecular weight is 398 g/mol. The van der Waals surface area contributed by atoms with Crippen LogP contribution in [0.15, 0.2) is 59.5 Å². The van der Waals surface area contributed by atoms with Crippen LogP contribution in [-0.2, 0) is 10.1 Å². The van der Waals surface area contributed by atoms with Crippen molar-refractivity contribution in [2.75, 3.05) is 0 Å². The molecule has 27 heavy (non-hydrogen) atoms. The lowest BCUT2D eigenvalue weighted by molar-refractivity contribution is 0.347. The fourth-order valence-corrected chi connectivity index (χ4v) is 3.06. The van der Waals surface area contributed by atoms with Crippen LogP contribution in [-0.4, -0.2) is 13.0 Å². The van der Waals surface area contributed by atoms with E-state index < -0.39 is 44.0 Å². The second-order valence-corrected chi connectivity index (χ2v) is 6.71. The minimum absolute atomic E-state index is 0.125. The highest BCUT2D eigenvalue weighted by Crippen LogP contribution is 2.38. The smallest absolute Gasteiger partial charge is 0.300 e. The Kier molecular flexibility index (Phi) is 4.90. The maximum absolute atomic E-state index is 14.2. The Hall–Kier alpha value is -2.91. The fraction of sp³-hybridized carbons (Fsp3) is 0. The predicted octanol–water partition coefficient (Wildman–Crippen LogP) is 4.95. The number of benzene rings is 3. The zero-order chi connectivity index (χ0) is 19.8. The van der Waals surface area contributed by atoms with Gasteiger partial charge in [0.25, 0.3) is 0 Å². The van der Waals surface area contributed by atoms with Crippen molar-refractivity contribution in [1.29, 1.82) is 0 Å². The Morgan fingerprint density at radius 1 is 0.741 bits per heavy atom. The molecular weight excluding hydrogens is 388 g/mol. The third-order valence-electron chi connectivity index (χ3n) is 3.62. The largest absolute Gasteiger partial charge is 0.450 e. The van der Waals surface area contributed by atoms with Crippen molar-refractivity contribution in [3.63, 3.8) is 0 Å². The maximum atomic E-state index is 14.2. The monoisotopic (exact) mass is 398 g/mol. The van der Waals surface area contributed by atoms with E-state index in [-0.39, 0.29) is 5.75 Å². The summed E-state index contributed by atoms with van der Waals surface area (Å²) < 4.78 is 92.0. The Morgan fingerprint density at radius 2 is 1.26 bits per heavy atom. The van der Waals surface area contributed by atoms with Gasteiger partial charge in [0.15, 0.2) is 16.5 Å². The molecule has 1 N–H and O–H groups in total. The van der Waals surface area contributed by atoms with Gasteiger partial charge >= 0.3 is 10.1 Å². The summed E-state index contributed by atoms with van der Waals surface area (Å²) in [5, 5.41) is 0. The van der Waals surface area contributed by atoms with Crippen molar-refractivity contribution < 1.29 is 35.3 Å². The van der Waals surface area contributed by atoms with Crippen molar-refractivity contribution in [2.24, 2.45) is 0 Å². The summed E-state index contributed by atoms with van der Waals surface area (Å²) in [7, 11) is -5.54. The molecule has 3 rings (SSSR count). The lowest BCUT2D eigenvalue weighted by Gasteiger charge is -2.14. The third-order valence-corrected chi connectivity index (χ3v) is 4.50.